The van der Waals surface area contributed by atoms with Gasteiger partial charge in [-0.1, -0.05) is 6.92 Å². The van der Waals surface area contributed by atoms with E-state index in [-0.39, 0.29) is 12.0 Å². The number of hydrogen-bond donors (Lipinski definition) is 1. The molecule has 0 radical (unpaired) electrons. The summed E-state index contributed by atoms with van der Waals surface area (Å²) in [6.45, 7) is 7.83. The SMILES string of the molecule is CCOCCN(CC)CC(NC)C(=O)OC. The Bertz CT molecular complexity index is 188. The number of nitrogens with zero attached hydrogens (tertiary/aromatic N) is 1. The van der Waals surface area contributed by atoms with Gasteiger partial charge in [0, 0.05) is 19.7 Å². The van der Waals surface area contributed by atoms with Crippen LogP contribution in [0.5, 0.6) is 0 Å². The Labute approximate surface area is 98.1 Å². The van der Waals surface area contributed by atoms with Crippen molar-refractivity contribution in [3.63, 3.8) is 0 Å². The van der Waals surface area contributed by atoms with E-state index in [1.54, 1.807) is 7.05 Å². The van der Waals surface area contributed by atoms with Gasteiger partial charge in [-0.15, -0.1) is 0 Å². The number of nitrogens with one attached hydrogen (secondary N) is 1. The van der Waals surface area contributed by atoms with Crippen molar-refractivity contribution in [1.82, 2.24) is 10.2 Å². The Morgan fingerprint density at radius 3 is 2.56 bits per heavy atom. The highest BCUT2D eigenvalue weighted by Crippen LogP contribution is 1.95. The lowest BCUT2D eigenvalue weighted by atomic mass is 10.2. The Morgan fingerprint density at radius 2 is 2.12 bits per heavy atom. The molecular formula is C11H24N2O3. The summed E-state index contributed by atoms with van der Waals surface area (Å²) in [6, 6.07) is -0.272. The zero-order chi connectivity index (χ0) is 12.4. The maximum Gasteiger partial charge on any atom is 0.324 e. The molecule has 0 bridgehead atoms. The predicted octanol–water partition coefficient (Wildman–Crippen LogP) is 0.106. The van der Waals surface area contributed by atoms with E-state index in [0.717, 1.165) is 19.7 Å². The second kappa shape index (κ2) is 9.57. The minimum absolute atomic E-state index is 0.225. The largest absolute Gasteiger partial charge is 0.468 e. The molecule has 1 atom stereocenters. The van der Waals surface area contributed by atoms with Gasteiger partial charge >= 0.3 is 5.97 Å². The van der Waals surface area contributed by atoms with Gasteiger partial charge in [-0.25, -0.2) is 0 Å². The summed E-state index contributed by atoms with van der Waals surface area (Å²) in [5.74, 6) is -0.225. The van der Waals surface area contributed by atoms with Gasteiger partial charge in [0.05, 0.1) is 13.7 Å². The molecule has 5 nitrogen and oxygen atoms in total. The lowest BCUT2D eigenvalue weighted by Gasteiger charge is -2.24. The number of ether oxygens (including phenoxy) is 2. The lowest BCUT2D eigenvalue weighted by molar-refractivity contribution is -0.143. The maximum absolute atomic E-state index is 11.4. The predicted molar refractivity (Wildman–Crippen MR) is 63.5 cm³/mol. The summed E-state index contributed by atoms with van der Waals surface area (Å²) < 4.78 is 10.0. The average Bonchev–Trinajstić information content (AvgIpc) is 2.32. The van der Waals surface area contributed by atoms with Gasteiger partial charge in [-0.3, -0.25) is 9.69 Å². The topological polar surface area (TPSA) is 50.8 Å². The van der Waals surface area contributed by atoms with Crippen LogP contribution in [-0.4, -0.2) is 63.9 Å². The van der Waals surface area contributed by atoms with E-state index in [9.17, 15) is 4.79 Å². The lowest BCUT2D eigenvalue weighted by Crippen LogP contribution is -2.46. The molecule has 0 rings (SSSR count). The van der Waals surface area contributed by atoms with Crippen LogP contribution >= 0.6 is 0 Å². The van der Waals surface area contributed by atoms with E-state index in [4.69, 9.17) is 9.47 Å². The van der Waals surface area contributed by atoms with Crippen molar-refractivity contribution in [2.24, 2.45) is 0 Å². The van der Waals surface area contributed by atoms with Crippen molar-refractivity contribution in [2.75, 3.05) is 47.0 Å². The fraction of sp³-hybridized carbons (Fsp3) is 0.909. The highest BCUT2D eigenvalue weighted by molar-refractivity contribution is 5.75. The molecule has 0 amide bonds. The first kappa shape index (κ1) is 15.3. The van der Waals surface area contributed by atoms with E-state index in [2.05, 4.69) is 17.1 Å². The third-order valence-electron chi connectivity index (χ3n) is 2.48. The van der Waals surface area contributed by atoms with Crippen LogP contribution in [0.25, 0.3) is 0 Å². The standard InChI is InChI=1S/C11H24N2O3/c1-5-13(7-8-16-6-2)9-10(12-3)11(14)15-4/h10,12H,5-9H2,1-4H3. The Kier molecular flexibility index (Phi) is 9.18. The molecule has 0 fully saturated rings. The van der Waals surface area contributed by atoms with Crippen molar-refractivity contribution < 1.29 is 14.3 Å². The van der Waals surface area contributed by atoms with Crippen molar-refractivity contribution >= 4 is 5.97 Å². The Balaban J connectivity index is 4.01. The number of carbonyl (C=O) groups is 1. The molecule has 0 aliphatic rings. The van der Waals surface area contributed by atoms with Crippen molar-refractivity contribution in [1.29, 1.82) is 0 Å². The minimum atomic E-state index is -0.272. The fourth-order valence-corrected chi connectivity index (χ4v) is 1.40. The third kappa shape index (κ3) is 6.05. The highest BCUT2D eigenvalue weighted by Gasteiger charge is 2.19. The Hall–Kier alpha value is -0.650. The molecule has 1 N–H and O–H groups in total. The monoisotopic (exact) mass is 232 g/mol. The molecule has 0 saturated heterocycles. The number of carbonyl (C=O) groups excluding carboxylic acids is 1. The second-order valence-corrected chi connectivity index (χ2v) is 3.45. The van der Waals surface area contributed by atoms with Crippen LogP contribution < -0.4 is 5.32 Å². The van der Waals surface area contributed by atoms with Gasteiger partial charge in [-0.2, -0.15) is 0 Å². The first-order valence-corrected chi connectivity index (χ1v) is 5.74. The van der Waals surface area contributed by atoms with Gasteiger partial charge in [0.15, 0.2) is 0 Å². The van der Waals surface area contributed by atoms with Crippen LogP contribution in [0, 0.1) is 0 Å². The summed E-state index contributed by atoms with van der Waals surface area (Å²) in [4.78, 5) is 13.5. The molecule has 1 unspecified atom stereocenters. The van der Waals surface area contributed by atoms with E-state index >= 15 is 0 Å². The van der Waals surface area contributed by atoms with Crippen LogP contribution in [0.4, 0.5) is 0 Å². The maximum atomic E-state index is 11.4. The molecule has 0 aromatic carbocycles. The van der Waals surface area contributed by atoms with E-state index < -0.39 is 0 Å². The number of hydrogen-bond acceptors (Lipinski definition) is 5. The zero-order valence-corrected chi connectivity index (χ0v) is 10.8. The van der Waals surface area contributed by atoms with Gasteiger partial charge in [0.2, 0.25) is 0 Å². The quantitative estimate of drug-likeness (QED) is 0.451. The van der Waals surface area contributed by atoms with Crippen LogP contribution in [0.2, 0.25) is 0 Å². The summed E-state index contributed by atoms with van der Waals surface area (Å²) in [7, 11) is 3.17. The normalized spacial score (nSPS) is 12.8. The van der Waals surface area contributed by atoms with Gasteiger partial charge in [0.25, 0.3) is 0 Å². The van der Waals surface area contributed by atoms with Gasteiger partial charge < -0.3 is 14.8 Å². The second-order valence-electron chi connectivity index (χ2n) is 3.45. The van der Waals surface area contributed by atoms with Gasteiger partial charge in [-0.05, 0) is 20.5 Å². The van der Waals surface area contributed by atoms with Crippen LogP contribution in [0.3, 0.4) is 0 Å². The van der Waals surface area contributed by atoms with Crippen molar-refractivity contribution in [3.8, 4) is 0 Å². The van der Waals surface area contributed by atoms with Crippen LogP contribution in [-0.2, 0) is 14.3 Å². The molecule has 96 valence electrons. The van der Waals surface area contributed by atoms with Crippen molar-refractivity contribution in [3.05, 3.63) is 0 Å². The number of methoxy groups -OCH3 is 1. The average molecular weight is 232 g/mol. The summed E-state index contributed by atoms with van der Waals surface area (Å²) in [5, 5.41) is 2.95. The summed E-state index contributed by atoms with van der Waals surface area (Å²) in [6.07, 6.45) is 0. The summed E-state index contributed by atoms with van der Waals surface area (Å²) >= 11 is 0. The van der Waals surface area contributed by atoms with Crippen LogP contribution in [0.1, 0.15) is 13.8 Å². The molecule has 0 saturated carbocycles. The smallest absolute Gasteiger partial charge is 0.324 e. The summed E-state index contributed by atoms with van der Waals surface area (Å²) in [5.41, 5.74) is 0. The fourth-order valence-electron chi connectivity index (χ4n) is 1.40. The molecule has 0 aromatic rings. The number of esters is 1. The highest BCUT2D eigenvalue weighted by atomic mass is 16.5. The third-order valence-corrected chi connectivity index (χ3v) is 2.48. The molecule has 0 aliphatic carbocycles. The molecule has 5 heteroatoms. The van der Waals surface area contributed by atoms with Crippen LogP contribution in [0.15, 0.2) is 0 Å². The molecular weight excluding hydrogens is 208 g/mol. The molecule has 0 aromatic heterocycles. The number of rotatable bonds is 9. The van der Waals surface area contributed by atoms with E-state index in [1.165, 1.54) is 7.11 Å². The molecule has 16 heavy (non-hydrogen) atoms. The molecule has 0 spiro atoms. The minimum Gasteiger partial charge on any atom is -0.468 e. The van der Waals surface area contributed by atoms with Gasteiger partial charge in [0.1, 0.15) is 6.04 Å². The Morgan fingerprint density at radius 1 is 1.44 bits per heavy atom. The van der Waals surface area contributed by atoms with Crippen molar-refractivity contribution in [2.45, 2.75) is 19.9 Å². The molecule has 0 heterocycles. The zero-order valence-electron chi connectivity index (χ0n) is 10.8. The first-order valence-electron chi connectivity index (χ1n) is 5.74. The molecule has 0 aliphatic heterocycles. The van der Waals surface area contributed by atoms with E-state index in [1.807, 2.05) is 6.92 Å². The van der Waals surface area contributed by atoms with E-state index in [0.29, 0.717) is 13.2 Å². The number of likely N-dealkylation sites (N-methyl/N-ethyl adjacent to an activating group) is 2. The first-order chi connectivity index (χ1) is 7.69.